The minimum atomic E-state index is -1.22. The Morgan fingerprint density at radius 2 is 1.73 bits per heavy atom. The van der Waals surface area contributed by atoms with Crippen LogP contribution >= 0.6 is 0 Å². The molecule has 1 aliphatic rings. The van der Waals surface area contributed by atoms with Crippen LogP contribution in [0.4, 0.5) is 4.79 Å². The molecule has 1 heterocycles. The molecule has 0 unspecified atom stereocenters. The van der Waals surface area contributed by atoms with Crippen LogP contribution in [0.1, 0.15) is 33.6 Å². The highest BCUT2D eigenvalue weighted by atomic mass is 16.7. The number of carboxylic acid groups (broad SMARTS) is 1. The van der Waals surface area contributed by atoms with Crippen molar-refractivity contribution in [3.05, 3.63) is 24.3 Å². The summed E-state index contributed by atoms with van der Waals surface area (Å²) >= 11 is 0. The third kappa shape index (κ3) is 8.36. The molecule has 0 atom stereocenters. The highest BCUT2D eigenvalue weighted by molar-refractivity contribution is 5.57. The molecule has 1 aliphatic heterocycles. The summed E-state index contributed by atoms with van der Waals surface area (Å²) in [5.74, 6) is 1.12. The first-order chi connectivity index (χ1) is 10.3. The van der Waals surface area contributed by atoms with Gasteiger partial charge in [0.2, 0.25) is 0 Å². The summed E-state index contributed by atoms with van der Waals surface area (Å²) in [6, 6.07) is 6.90. The van der Waals surface area contributed by atoms with E-state index in [1.54, 1.807) is 45.0 Å². The Balaban J connectivity index is 0.000000261. The molecule has 3 N–H and O–H groups in total. The van der Waals surface area contributed by atoms with E-state index in [-0.39, 0.29) is 5.75 Å². The number of benzene rings is 1. The number of rotatable bonds is 2. The van der Waals surface area contributed by atoms with Crippen LogP contribution in [0.25, 0.3) is 0 Å². The van der Waals surface area contributed by atoms with Gasteiger partial charge >= 0.3 is 6.16 Å². The summed E-state index contributed by atoms with van der Waals surface area (Å²) in [4.78, 5) is 9.79. The Labute approximate surface area is 131 Å². The average molecular weight is 311 g/mol. The van der Waals surface area contributed by atoms with Crippen LogP contribution in [0, 0.1) is 0 Å². The first-order valence-electron chi connectivity index (χ1n) is 7.34. The lowest BCUT2D eigenvalue weighted by Crippen LogP contribution is -2.34. The van der Waals surface area contributed by atoms with Gasteiger partial charge in [-0.25, -0.2) is 4.79 Å². The molecule has 2 rings (SSSR count). The number of phenolic OH excluding ortho intramolecular Hbond substituents is 1. The van der Waals surface area contributed by atoms with Crippen molar-refractivity contribution in [2.75, 3.05) is 13.1 Å². The lowest BCUT2D eigenvalue weighted by Gasteiger charge is -2.23. The van der Waals surface area contributed by atoms with Crippen molar-refractivity contribution in [3.63, 3.8) is 0 Å². The number of hydrogen-bond donors (Lipinski definition) is 3. The lowest BCUT2D eigenvalue weighted by atomic mass is 10.1. The summed E-state index contributed by atoms with van der Waals surface area (Å²) in [6.45, 7) is 7.11. The molecule has 1 aromatic rings. The Kier molecular flexibility index (Phi) is 6.98. The van der Waals surface area contributed by atoms with Gasteiger partial charge in [-0.3, -0.25) is 0 Å². The molecule has 1 fully saturated rings. The van der Waals surface area contributed by atoms with Gasteiger partial charge < -0.3 is 25.0 Å². The van der Waals surface area contributed by atoms with Crippen molar-refractivity contribution in [2.45, 2.75) is 45.3 Å². The topological polar surface area (TPSA) is 88.0 Å². The quantitative estimate of drug-likeness (QED) is 0.728. The van der Waals surface area contributed by atoms with E-state index in [9.17, 15) is 4.79 Å². The van der Waals surface area contributed by atoms with Crippen molar-refractivity contribution in [1.29, 1.82) is 0 Å². The number of nitrogens with one attached hydrogen (secondary N) is 1. The maximum atomic E-state index is 9.79. The summed E-state index contributed by atoms with van der Waals surface area (Å²) in [6.07, 6.45) is 1.21. The van der Waals surface area contributed by atoms with E-state index in [4.69, 9.17) is 14.9 Å². The fourth-order valence-corrected chi connectivity index (χ4v) is 1.89. The maximum Gasteiger partial charge on any atom is 0.506 e. The molecule has 1 aromatic carbocycles. The molecule has 6 nitrogen and oxygen atoms in total. The van der Waals surface area contributed by atoms with E-state index in [2.05, 4.69) is 10.1 Å². The third-order valence-corrected chi connectivity index (χ3v) is 2.82. The molecular formula is C16H25NO5. The Morgan fingerprint density at radius 3 is 2.14 bits per heavy atom. The maximum absolute atomic E-state index is 9.79. The molecule has 22 heavy (non-hydrogen) atoms. The number of aromatic hydroxyl groups is 1. The number of piperidine rings is 1. The average Bonchev–Trinajstić information content (AvgIpc) is 2.40. The van der Waals surface area contributed by atoms with Gasteiger partial charge in [0.25, 0.3) is 0 Å². The fraction of sp³-hybridized carbons (Fsp3) is 0.562. The van der Waals surface area contributed by atoms with Crippen molar-refractivity contribution < 1.29 is 24.5 Å². The number of carbonyl (C=O) groups is 1. The van der Waals surface area contributed by atoms with Crippen LogP contribution in [0.15, 0.2) is 24.3 Å². The van der Waals surface area contributed by atoms with Crippen LogP contribution in [-0.4, -0.2) is 41.2 Å². The summed E-state index contributed by atoms with van der Waals surface area (Å²) in [5, 5.41) is 20.4. The minimum absolute atomic E-state index is 0.280. The second kappa shape index (κ2) is 8.48. The van der Waals surface area contributed by atoms with E-state index in [0.29, 0.717) is 6.10 Å². The molecular weight excluding hydrogens is 286 g/mol. The Bertz CT molecular complexity index is 447. The standard InChI is InChI=1S/C11H15NO2.C5H10O3/c13-9-1-3-10(4-2-9)14-11-5-7-12-8-6-11;1-5(2,3)8-4(6)7/h1-4,11-13H,5-8H2;1-3H3,(H,6,7). The molecule has 0 spiro atoms. The molecule has 0 bridgehead atoms. The molecule has 0 amide bonds. The van der Waals surface area contributed by atoms with E-state index >= 15 is 0 Å². The molecule has 0 radical (unpaired) electrons. The number of hydrogen-bond acceptors (Lipinski definition) is 5. The molecule has 124 valence electrons. The fourth-order valence-electron chi connectivity index (χ4n) is 1.89. The zero-order valence-electron chi connectivity index (χ0n) is 13.3. The zero-order chi connectivity index (χ0) is 16.6. The van der Waals surface area contributed by atoms with Gasteiger partial charge in [-0.1, -0.05) is 0 Å². The molecule has 0 aliphatic carbocycles. The number of phenols is 1. The van der Waals surface area contributed by atoms with Crippen molar-refractivity contribution in [1.82, 2.24) is 5.32 Å². The van der Waals surface area contributed by atoms with Gasteiger partial charge in [0, 0.05) is 0 Å². The summed E-state index contributed by atoms with van der Waals surface area (Å²) < 4.78 is 10.1. The molecule has 1 saturated heterocycles. The molecule has 0 saturated carbocycles. The van der Waals surface area contributed by atoms with Crippen molar-refractivity contribution in [3.8, 4) is 11.5 Å². The van der Waals surface area contributed by atoms with Gasteiger partial charge in [-0.2, -0.15) is 0 Å². The summed E-state index contributed by atoms with van der Waals surface area (Å²) in [5.41, 5.74) is -0.578. The normalized spacial score (nSPS) is 15.4. The van der Waals surface area contributed by atoms with Gasteiger partial charge in [0.05, 0.1) is 0 Å². The highest BCUT2D eigenvalue weighted by Gasteiger charge is 2.14. The largest absolute Gasteiger partial charge is 0.508 e. The first kappa shape index (κ1) is 18.1. The van der Waals surface area contributed by atoms with E-state index in [0.717, 1.165) is 31.7 Å². The molecule has 6 heteroatoms. The van der Waals surface area contributed by atoms with Crippen LogP contribution < -0.4 is 10.1 Å². The predicted molar refractivity (Wildman–Crippen MR) is 83.5 cm³/mol. The van der Waals surface area contributed by atoms with Crippen LogP contribution in [0.3, 0.4) is 0 Å². The van der Waals surface area contributed by atoms with E-state index in [1.807, 2.05) is 0 Å². The van der Waals surface area contributed by atoms with Crippen molar-refractivity contribution in [2.24, 2.45) is 0 Å². The van der Waals surface area contributed by atoms with E-state index < -0.39 is 11.8 Å². The SMILES string of the molecule is CC(C)(C)OC(=O)O.Oc1ccc(OC2CCNCC2)cc1. The van der Waals surface area contributed by atoms with Crippen LogP contribution in [0.2, 0.25) is 0 Å². The summed E-state index contributed by atoms with van der Waals surface area (Å²) in [7, 11) is 0. The Morgan fingerprint density at radius 1 is 1.18 bits per heavy atom. The smallest absolute Gasteiger partial charge is 0.506 e. The monoisotopic (exact) mass is 311 g/mol. The van der Waals surface area contributed by atoms with Gasteiger partial charge in [0.15, 0.2) is 0 Å². The first-order valence-corrected chi connectivity index (χ1v) is 7.34. The van der Waals surface area contributed by atoms with Gasteiger partial charge in [-0.15, -0.1) is 0 Å². The number of ether oxygens (including phenoxy) is 2. The van der Waals surface area contributed by atoms with Crippen LogP contribution in [0.5, 0.6) is 11.5 Å². The zero-order valence-corrected chi connectivity index (χ0v) is 13.3. The third-order valence-electron chi connectivity index (χ3n) is 2.82. The highest BCUT2D eigenvalue weighted by Crippen LogP contribution is 2.19. The van der Waals surface area contributed by atoms with Crippen LogP contribution in [-0.2, 0) is 4.74 Å². The second-order valence-electron chi connectivity index (χ2n) is 6.04. The predicted octanol–water partition coefficient (Wildman–Crippen LogP) is 3.00. The van der Waals surface area contributed by atoms with Crippen molar-refractivity contribution >= 4 is 6.16 Å². The molecule has 0 aromatic heterocycles. The Hall–Kier alpha value is -1.95. The second-order valence-corrected chi connectivity index (χ2v) is 6.04. The minimum Gasteiger partial charge on any atom is -0.508 e. The lowest BCUT2D eigenvalue weighted by molar-refractivity contribution is 0.0150. The van der Waals surface area contributed by atoms with Gasteiger partial charge in [0.1, 0.15) is 23.2 Å². The van der Waals surface area contributed by atoms with E-state index in [1.165, 1.54) is 0 Å². The van der Waals surface area contributed by atoms with Gasteiger partial charge in [-0.05, 0) is 71.0 Å².